The summed E-state index contributed by atoms with van der Waals surface area (Å²) in [5.41, 5.74) is 1.96. The molecule has 2 rings (SSSR count). The minimum atomic E-state index is 0.779. The van der Waals surface area contributed by atoms with E-state index in [1.165, 1.54) is 0 Å². The van der Waals surface area contributed by atoms with E-state index in [4.69, 9.17) is 0 Å². The minimum absolute atomic E-state index is 0.779. The molecule has 0 aliphatic carbocycles. The Morgan fingerprint density at radius 3 is 2.75 bits per heavy atom. The van der Waals surface area contributed by atoms with Gasteiger partial charge in [0.2, 0.25) is 0 Å². The van der Waals surface area contributed by atoms with Crippen LogP contribution in [0.2, 0.25) is 0 Å². The summed E-state index contributed by atoms with van der Waals surface area (Å²) < 4.78 is 1.82. The molecular weight excluding hydrogens is 152 g/mol. The van der Waals surface area contributed by atoms with Crippen molar-refractivity contribution in [2.24, 2.45) is 0 Å². The van der Waals surface area contributed by atoms with E-state index in [2.05, 4.69) is 15.1 Å². The molecule has 0 amide bonds. The summed E-state index contributed by atoms with van der Waals surface area (Å²) >= 11 is 0. The predicted molar refractivity (Wildman–Crippen MR) is 45.0 cm³/mol. The fourth-order valence-electron chi connectivity index (χ4n) is 1.28. The Balaban J connectivity index is 2.92. The number of hydrogen-bond acceptors (Lipinski definition) is 3. The maximum absolute atomic E-state index is 4.24. The summed E-state index contributed by atoms with van der Waals surface area (Å²) in [6, 6.07) is 0. The molecule has 0 N–H and O–H groups in total. The second-order valence-corrected chi connectivity index (χ2v) is 2.85. The quantitative estimate of drug-likeness (QED) is 0.581. The Morgan fingerprint density at radius 1 is 1.25 bits per heavy atom. The van der Waals surface area contributed by atoms with Crippen molar-refractivity contribution in [1.29, 1.82) is 0 Å². The van der Waals surface area contributed by atoms with E-state index < -0.39 is 0 Å². The number of fused-ring (bicyclic) bond motifs is 1. The molecule has 0 radical (unpaired) electrons. The van der Waals surface area contributed by atoms with Gasteiger partial charge in [-0.2, -0.15) is 5.10 Å². The van der Waals surface area contributed by atoms with Crippen molar-refractivity contribution in [3.63, 3.8) is 0 Å². The van der Waals surface area contributed by atoms with E-state index in [0.717, 1.165) is 22.9 Å². The molecular formula is C8H10N4. The van der Waals surface area contributed by atoms with E-state index >= 15 is 0 Å². The first-order valence-electron chi connectivity index (χ1n) is 3.84. The van der Waals surface area contributed by atoms with E-state index in [9.17, 15) is 0 Å². The second-order valence-electron chi connectivity index (χ2n) is 2.85. The zero-order valence-corrected chi connectivity index (χ0v) is 7.37. The number of hydrogen-bond donors (Lipinski definition) is 0. The third-order valence-electron chi connectivity index (χ3n) is 1.85. The molecule has 0 atom stereocenters. The zero-order valence-electron chi connectivity index (χ0n) is 7.37. The maximum atomic E-state index is 4.24. The molecule has 2 heterocycles. The van der Waals surface area contributed by atoms with Crippen molar-refractivity contribution in [3.05, 3.63) is 23.5 Å². The highest BCUT2D eigenvalue weighted by atomic mass is 15.3. The second kappa shape index (κ2) is 2.27. The highest BCUT2D eigenvalue weighted by molar-refractivity contribution is 5.48. The van der Waals surface area contributed by atoms with Gasteiger partial charge < -0.3 is 0 Å². The molecule has 0 unspecified atom stereocenters. The number of aryl methyl sites for hydroxylation is 3. The maximum Gasteiger partial charge on any atom is 0.146 e. The Morgan fingerprint density at radius 2 is 2.00 bits per heavy atom. The molecule has 2 aromatic rings. The largest absolute Gasteiger partial charge is 0.239 e. The third kappa shape index (κ3) is 0.879. The zero-order chi connectivity index (χ0) is 8.72. The van der Waals surface area contributed by atoms with Gasteiger partial charge in [-0.25, -0.2) is 14.5 Å². The monoisotopic (exact) mass is 162 g/mol. The van der Waals surface area contributed by atoms with Gasteiger partial charge in [-0.1, -0.05) is 0 Å². The van der Waals surface area contributed by atoms with Crippen LogP contribution < -0.4 is 0 Å². The van der Waals surface area contributed by atoms with Crippen molar-refractivity contribution >= 4 is 5.52 Å². The number of nitrogens with zero attached hydrogens (tertiary/aromatic N) is 4. The minimum Gasteiger partial charge on any atom is -0.239 e. The summed E-state index contributed by atoms with van der Waals surface area (Å²) in [4.78, 5) is 8.40. The molecule has 0 bridgehead atoms. The molecule has 0 saturated heterocycles. The molecule has 12 heavy (non-hydrogen) atoms. The van der Waals surface area contributed by atoms with Crippen molar-refractivity contribution < 1.29 is 0 Å². The van der Waals surface area contributed by atoms with Gasteiger partial charge in [-0.3, -0.25) is 0 Å². The number of imidazole rings is 1. The summed E-state index contributed by atoms with van der Waals surface area (Å²) in [5, 5.41) is 4.24. The van der Waals surface area contributed by atoms with Crippen molar-refractivity contribution in [2.75, 3.05) is 0 Å². The molecule has 0 aliphatic heterocycles. The molecule has 0 spiro atoms. The highest BCUT2D eigenvalue weighted by Crippen LogP contribution is 2.07. The van der Waals surface area contributed by atoms with Gasteiger partial charge in [0, 0.05) is 0 Å². The normalized spacial score (nSPS) is 10.9. The van der Waals surface area contributed by atoms with Crippen molar-refractivity contribution in [1.82, 2.24) is 19.6 Å². The first kappa shape index (κ1) is 7.21. The fourth-order valence-corrected chi connectivity index (χ4v) is 1.28. The van der Waals surface area contributed by atoms with E-state index in [1.807, 2.05) is 25.3 Å². The average molecular weight is 162 g/mol. The van der Waals surface area contributed by atoms with Crippen LogP contribution in [0.3, 0.4) is 0 Å². The molecule has 4 nitrogen and oxygen atoms in total. The van der Waals surface area contributed by atoms with Crippen molar-refractivity contribution in [3.8, 4) is 0 Å². The Labute approximate surface area is 70.3 Å². The van der Waals surface area contributed by atoms with Crippen LogP contribution in [0, 0.1) is 20.8 Å². The topological polar surface area (TPSA) is 43.1 Å². The predicted octanol–water partition coefficient (Wildman–Crippen LogP) is 1.05. The van der Waals surface area contributed by atoms with Crippen LogP contribution in [-0.2, 0) is 0 Å². The molecule has 4 heteroatoms. The molecule has 2 aromatic heterocycles. The molecule has 62 valence electrons. The molecule has 0 aliphatic rings. The summed E-state index contributed by atoms with van der Waals surface area (Å²) in [6.07, 6.45) is 1.80. The molecule has 0 fully saturated rings. The standard InChI is InChI=1S/C8H10N4/c1-5-8-4-9-7(3)12(8)11-6(2)10-5/h4H,1-3H3. The lowest BCUT2D eigenvalue weighted by atomic mass is 10.4. The van der Waals surface area contributed by atoms with Crippen LogP contribution in [0.25, 0.3) is 5.52 Å². The summed E-state index contributed by atoms with van der Waals surface area (Å²) in [5.74, 6) is 1.68. The van der Waals surface area contributed by atoms with Gasteiger partial charge >= 0.3 is 0 Å². The molecule has 0 aromatic carbocycles. The first-order chi connectivity index (χ1) is 5.68. The van der Waals surface area contributed by atoms with Crippen LogP contribution >= 0.6 is 0 Å². The van der Waals surface area contributed by atoms with Gasteiger partial charge in [-0.15, -0.1) is 0 Å². The lowest BCUT2D eigenvalue weighted by Crippen LogP contribution is -2.01. The van der Waals surface area contributed by atoms with Gasteiger partial charge in [-0.05, 0) is 20.8 Å². The lowest BCUT2D eigenvalue weighted by molar-refractivity contribution is 0.807. The highest BCUT2D eigenvalue weighted by Gasteiger charge is 2.03. The van der Waals surface area contributed by atoms with Crippen LogP contribution in [0.4, 0.5) is 0 Å². The van der Waals surface area contributed by atoms with Crippen LogP contribution in [-0.4, -0.2) is 19.6 Å². The molecule has 0 saturated carbocycles. The van der Waals surface area contributed by atoms with E-state index in [-0.39, 0.29) is 0 Å². The Hall–Kier alpha value is -1.45. The summed E-state index contributed by atoms with van der Waals surface area (Å²) in [7, 11) is 0. The van der Waals surface area contributed by atoms with E-state index in [0.29, 0.717) is 0 Å². The van der Waals surface area contributed by atoms with Gasteiger partial charge in [0.1, 0.15) is 17.2 Å². The first-order valence-corrected chi connectivity index (χ1v) is 3.84. The number of rotatable bonds is 0. The van der Waals surface area contributed by atoms with Crippen LogP contribution in [0.5, 0.6) is 0 Å². The Kier molecular flexibility index (Phi) is 1.36. The van der Waals surface area contributed by atoms with Crippen molar-refractivity contribution in [2.45, 2.75) is 20.8 Å². The van der Waals surface area contributed by atoms with Crippen LogP contribution in [0.15, 0.2) is 6.20 Å². The third-order valence-corrected chi connectivity index (χ3v) is 1.85. The number of aromatic nitrogens is 4. The fraction of sp³-hybridized carbons (Fsp3) is 0.375. The van der Waals surface area contributed by atoms with Crippen LogP contribution in [0.1, 0.15) is 17.3 Å². The Bertz CT molecular complexity index is 430. The van der Waals surface area contributed by atoms with Gasteiger partial charge in [0.15, 0.2) is 0 Å². The van der Waals surface area contributed by atoms with E-state index in [1.54, 1.807) is 6.20 Å². The van der Waals surface area contributed by atoms with Gasteiger partial charge in [0.05, 0.1) is 11.9 Å². The van der Waals surface area contributed by atoms with Gasteiger partial charge in [0.25, 0.3) is 0 Å². The summed E-state index contributed by atoms with van der Waals surface area (Å²) in [6.45, 7) is 5.77. The average Bonchev–Trinajstić information content (AvgIpc) is 2.33. The SMILES string of the molecule is Cc1nc(C)c2cnc(C)n2n1. The lowest BCUT2D eigenvalue weighted by Gasteiger charge is -1.99. The smallest absolute Gasteiger partial charge is 0.146 e.